The molecule has 0 aliphatic heterocycles. The van der Waals surface area contributed by atoms with E-state index in [1.807, 2.05) is 72.8 Å². The minimum Gasteiger partial charge on any atom is -0.301 e. The molecule has 0 saturated heterocycles. The predicted molar refractivity (Wildman–Crippen MR) is 108 cm³/mol. The van der Waals surface area contributed by atoms with Gasteiger partial charge >= 0.3 is 0 Å². The average molecular weight is 374 g/mol. The number of ketones is 1. The van der Waals surface area contributed by atoms with Crippen molar-refractivity contribution in [1.29, 1.82) is 0 Å². The molecule has 142 valence electrons. The van der Waals surface area contributed by atoms with Gasteiger partial charge in [-0.2, -0.15) is 0 Å². The van der Waals surface area contributed by atoms with Crippen molar-refractivity contribution in [3.05, 3.63) is 96.1 Å². The maximum atomic E-state index is 12.6. The van der Waals surface area contributed by atoms with Gasteiger partial charge < -0.3 is 5.32 Å². The quantitative estimate of drug-likeness (QED) is 0.320. The number of hydrogen-bond donors (Lipinski definition) is 3. The lowest BCUT2D eigenvalue weighted by atomic mass is 9.99. The Hall–Kier alpha value is -3.28. The number of benzene rings is 3. The molecule has 3 N–H and O–H groups in total. The van der Waals surface area contributed by atoms with Crippen molar-refractivity contribution in [3.63, 3.8) is 0 Å². The molecule has 0 saturated carbocycles. The van der Waals surface area contributed by atoms with E-state index in [1.165, 1.54) is 0 Å². The third-order valence-corrected chi connectivity index (χ3v) is 4.53. The normalized spacial score (nSPS) is 11.6. The molecule has 0 fully saturated rings. The Morgan fingerprint density at radius 1 is 0.786 bits per heavy atom. The highest BCUT2D eigenvalue weighted by Gasteiger charge is 2.22. The summed E-state index contributed by atoms with van der Waals surface area (Å²) in [7, 11) is 0. The molecule has 3 rings (SSSR count). The van der Waals surface area contributed by atoms with Gasteiger partial charge in [0.1, 0.15) is 0 Å². The van der Waals surface area contributed by atoms with Gasteiger partial charge in [0.15, 0.2) is 5.78 Å². The second-order valence-electron chi connectivity index (χ2n) is 6.47. The van der Waals surface area contributed by atoms with Crippen molar-refractivity contribution in [2.75, 3.05) is 0 Å². The zero-order valence-corrected chi connectivity index (χ0v) is 15.3. The zero-order valence-electron chi connectivity index (χ0n) is 15.3. The SMILES string of the molecule is O=C(CC(NCc1ccccc1)C(=O)NO)c1ccc(-c2ccccc2)cc1. The van der Waals surface area contributed by atoms with E-state index in [9.17, 15) is 9.59 Å². The largest absolute Gasteiger partial charge is 0.301 e. The lowest BCUT2D eigenvalue weighted by molar-refractivity contribution is -0.131. The van der Waals surface area contributed by atoms with E-state index >= 15 is 0 Å². The second kappa shape index (κ2) is 9.60. The van der Waals surface area contributed by atoms with Crippen molar-refractivity contribution in [3.8, 4) is 11.1 Å². The Labute approximate surface area is 164 Å². The number of hydroxylamine groups is 1. The Morgan fingerprint density at radius 3 is 1.96 bits per heavy atom. The molecule has 0 radical (unpaired) electrons. The summed E-state index contributed by atoms with van der Waals surface area (Å²) in [6.45, 7) is 0.416. The van der Waals surface area contributed by atoms with Crippen LogP contribution in [0.3, 0.4) is 0 Å². The Bertz CT molecular complexity index is 910. The van der Waals surface area contributed by atoms with Gasteiger partial charge in [-0.15, -0.1) is 0 Å². The Kier molecular flexibility index (Phi) is 6.68. The van der Waals surface area contributed by atoms with Crippen LogP contribution in [0.5, 0.6) is 0 Å². The van der Waals surface area contributed by atoms with Crippen molar-refractivity contribution in [2.24, 2.45) is 0 Å². The summed E-state index contributed by atoms with van der Waals surface area (Å²) in [5.74, 6) is -0.807. The van der Waals surface area contributed by atoms with E-state index in [1.54, 1.807) is 17.6 Å². The van der Waals surface area contributed by atoms with Crippen LogP contribution < -0.4 is 10.8 Å². The summed E-state index contributed by atoms with van der Waals surface area (Å²) in [4.78, 5) is 24.6. The first-order chi connectivity index (χ1) is 13.7. The number of hydrogen-bond acceptors (Lipinski definition) is 4. The lowest BCUT2D eigenvalue weighted by Crippen LogP contribution is -2.44. The molecule has 5 heteroatoms. The topological polar surface area (TPSA) is 78.4 Å². The van der Waals surface area contributed by atoms with E-state index < -0.39 is 11.9 Å². The van der Waals surface area contributed by atoms with Crippen LogP contribution in [0.2, 0.25) is 0 Å². The summed E-state index contributed by atoms with van der Waals surface area (Å²) < 4.78 is 0. The number of nitrogens with one attached hydrogen (secondary N) is 2. The molecule has 0 bridgehead atoms. The fraction of sp³-hybridized carbons (Fsp3) is 0.130. The van der Waals surface area contributed by atoms with Gasteiger partial charge in [-0.25, -0.2) is 5.48 Å². The standard InChI is InChI=1S/C23H22N2O3/c26-22(20-13-11-19(12-14-20)18-9-5-2-6-10-18)15-21(23(27)25-28)24-16-17-7-3-1-4-8-17/h1-14,21,24,28H,15-16H2,(H,25,27). The molecule has 3 aromatic rings. The lowest BCUT2D eigenvalue weighted by Gasteiger charge is -2.16. The number of rotatable bonds is 8. The van der Waals surface area contributed by atoms with E-state index in [4.69, 9.17) is 5.21 Å². The smallest absolute Gasteiger partial charge is 0.260 e. The van der Waals surface area contributed by atoms with Crippen LogP contribution in [0.15, 0.2) is 84.9 Å². The molecule has 0 aliphatic rings. The van der Waals surface area contributed by atoms with Crippen LogP contribution in [-0.4, -0.2) is 22.9 Å². The van der Waals surface area contributed by atoms with Crippen molar-refractivity contribution >= 4 is 11.7 Å². The van der Waals surface area contributed by atoms with Crippen LogP contribution in [0, 0.1) is 0 Å². The third-order valence-electron chi connectivity index (χ3n) is 4.53. The molecular formula is C23H22N2O3. The molecule has 28 heavy (non-hydrogen) atoms. The highest BCUT2D eigenvalue weighted by atomic mass is 16.5. The highest BCUT2D eigenvalue weighted by molar-refractivity contribution is 5.99. The molecule has 5 nitrogen and oxygen atoms in total. The minimum atomic E-state index is -0.827. The first-order valence-corrected chi connectivity index (χ1v) is 9.07. The van der Waals surface area contributed by atoms with Crippen LogP contribution in [-0.2, 0) is 11.3 Å². The van der Waals surface area contributed by atoms with Crippen molar-refractivity contribution in [1.82, 2.24) is 10.8 Å². The Morgan fingerprint density at radius 2 is 1.36 bits per heavy atom. The van der Waals surface area contributed by atoms with Crippen LogP contribution in [0.4, 0.5) is 0 Å². The number of amides is 1. The average Bonchev–Trinajstić information content (AvgIpc) is 2.77. The van der Waals surface area contributed by atoms with Crippen molar-refractivity contribution in [2.45, 2.75) is 19.0 Å². The fourth-order valence-corrected chi connectivity index (χ4v) is 2.95. The fourth-order valence-electron chi connectivity index (χ4n) is 2.95. The molecular weight excluding hydrogens is 352 g/mol. The van der Waals surface area contributed by atoms with Crippen LogP contribution in [0.25, 0.3) is 11.1 Å². The third kappa shape index (κ3) is 5.13. The second-order valence-corrected chi connectivity index (χ2v) is 6.47. The molecule has 0 aliphatic carbocycles. The van der Waals surface area contributed by atoms with Gasteiger partial charge in [0.2, 0.25) is 0 Å². The van der Waals surface area contributed by atoms with Crippen LogP contribution >= 0.6 is 0 Å². The maximum Gasteiger partial charge on any atom is 0.260 e. The van der Waals surface area contributed by atoms with E-state index in [0.717, 1.165) is 16.7 Å². The molecule has 0 spiro atoms. The van der Waals surface area contributed by atoms with Gasteiger partial charge in [-0.05, 0) is 16.7 Å². The number of carbonyl (C=O) groups excluding carboxylic acids is 2. The number of Topliss-reactive ketones (excluding diaryl/α,β-unsaturated/α-hetero) is 1. The molecule has 1 amide bonds. The first-order valence-electron chi connectivity index (χ1n) is 9.07. The van der Waals surface area contributed by atoms with Gasteiger partial charge in [0.05, 0.1) is 6.04 Å². The Balaban J connectivity index is 1.66. The molecule has 0 heterocycles. The van der Waals surface area contributed by atoms with E-state index in [-0.39, 0.29) is 12.2 Å². The highest BCUT2D eigenvalue weighted by Crippen LogP contribution is 2.20. The molecule has 3 aromatic carbocycles. The number of carbonyl (C=O) groups is 2. The monoisotopic (exact) mass is 374 g/mol. The molecule has 0 aromatic heterocycles. The van der Waals surface area contributed by atoms with Gasteiger partial charge in [0, 0.05) is 18.5 Å². The summed E-state index contributed by atoms with van der Waals surface area (Å²) >= 11 is 0. The summed E-state index contributed by atoms with van der Waals surface area (Å²) in [6.07, 6.45) is -0.0517. The van der Waals surface area contributed by atoms with Gasteiger partial charge in [-0.1, -0.05) is 84.9 Å². The van der Waals surface area contributed by atoms with E-state index in [0.29, 0.717) is 12.1 Å². The van der Waals surface area contributed by atoms with E-state index in [2.05, 4.69) is 5.32 Å². The maximum absolute atomic E-state index is 12.6. The predicted octanol–water partition coefficient (Wildman–Crippen LogP) is 3.59. The molecule has 1 atom stereocenters. The summed E-state index contributed by atoms with van der Waals surface area (Å²) in [6, 6.07) is 25.9. The van der Waals surface area contributed by atoms with Crippen LogP contribution in [0.1, 0.15) is 22.3 Å². The van der Waals surface area contributed by atoms with Gasteiger partial charge in [0.25, 0.3) is 5.91 Å². The summed E-state index contributed by atoms with van der Waals surface area (Å²) in [5, 5.41) is 12.0. The van der Waals surface area contributed by atoms with Crippen molar-refractivity contribution < 1.29 is 14.8 Å². The molecule has 1 unspecified atom stereocenters. The first kappa shape index (κ1) is 19.5. The van der Waals surface area contributed by atoms with Gasteiger partial charge in [-0.3, -0.25) is 14.8 Å². The summed E-state index contributed by atoms with van der Waals surface area (Å²) in [5.41, 5.74) is 5.23. The minimum absolute atomic E-state index is 0.0517. The zero-order chi connectivity index (χ0) is 19.8.